The van der Waals surface area contributed by atoms with Crippen molar-refractivity contribution in [3.8, 4) is 0 Å². The number of amides is 1. The van der Waals surface area contributed by atoms with E-state index in [0.29, 0.717) is 63.1 Å². The number of carbonyl (C=O) groups is 1. The maximum absolute atomic E-state index is 12.9. The van der Waals surface area contributed by atoms with Gasteiger partial charge in [-0.3, -0.25) is 4.79 Å². The fraction of sp³-hybridized carbons (Fsp3) is 0.619. The topological polar surface area (TPSA) is 93.0 Å². The molecule has 3 aliphatic rings. The molecule has 30 heavy (non-hydrogen) atoms. The van der Waals surface area contributed by atoms with E-state index in [1.165, 1.54) is 0 Å². The highest BCUT2D eigenvalue weighted by Gasteiger charge is 2.66. The molecule has 2 aromatic heterocycles. The van der Waals surface area contributed by atoms with Crippen molar-refractivity contribution in [2.45, 2.75) is 31.4 Å². The zero-order valence-electron chi connectivity index (χ0n) is 17.2. The first kappa shape index (κ1) is 20.0. The van der Waals surface area contributed by atoms with Gasteiger partial charge in [-0.1, -0.05) is 6.92 Å². The predicted octanol–water partition coefficient (Wildman–Crippen LogP) is 1.53. The van der Waals surface area contributed by atoms with Crippen LogP contribution in [0.2, 0.25) is 0 Å². The normalized spacial score (nSPS) is 29.8. The molecule has 1 aliphatic carbocycles. The zero-order valence-corrected chi connectivity index (χ0v) is 18.0. The van der Waals surface area contributed by atoms with E-state index in [1.54, 1.807) is 22.8 Å². The number of rotatable bonds is 6. The number of imidazole rings is 1. The van der Waals surface area contributed by atoms with Crippen molar-refractivity contribution in [2.24, 2.45) is 17.3 Å². The van der Waals surface area contributed by atoms with Crippen LogP contribution in [0.25, 0.3) is 5.65 Å². The van der Waals surface area contributed by atoms with E-state index in [0.717, 1.165) is 12.1 Å². The molecular weight excluding hydrogens is 404 g/mol. The number of nitrogens with zero attached hydrogens (tertiary/aromatic N) is 3. The van der Waals surface area contributed by atoms with Gasteiger partial charge in [0, 0.05) is 51.4 Å². The number of aromatic nitrogens is 2. The molecule has 1 saturated carbocycles. The molecule has 2 aliphatic heterocycles. The van der Waals surface area contributed by atoms with Crippen molar-refractivity contribution in [3.05, 3.63) is 36.3 Å². The SMILES string of the molecule is CC12CN(S(=O)(=O)C3CCOCC3)C[C@H]1[C@@H]2CCNC(=O)c1ccc2nccn2c1. The smallest absolute Gasteiger partial charge is 0.252 e. The van der Waals surface area contributed by atoms with Gasteiger partial charge in [0.2, 0.25) is 10.0 Å². The van der Waals surface area contributed by atoms with Crippen LogP contribution in [0.15, 0.2) is 30.7 Å². The quantitative estimate of drug-likeness (QED) is 0.747. The summed E-state index contributed by atoms with van der Waals surface area (Å²) in [5.74, 6) is 0.770. The Balaban J connectivity index is 1.13. The number of sulfonamides is 1. The van der Waals surface area contributed by atoms with Gasteiger partial charge in [-0.05, 0) is 48.6 Å². The van der Waals surface area contributed by atoms with E-state index in [-0.39, 0.29) is 16.6 Å². The largest absolute Gasteiger partial charge is 0.381 e. The van der Waals surface area contributed by atoms with Gasteiger partial charge in [0.1, 0.15) is 5.65 Å². The first-order valence-electron chi connectivity index (χ1n) is 10.7. The summed E-state index contributed by atoms with van der Waals surface area (Å²) in [5, 5.41) is 2.71. The van der Waals surface area contributed by atoms with Gasteiger partial charge in [-0.15, -0.1) is 0 Å². The zero-order chi connectivity index (χ0) is 20.9. The van der Waals surface area contributed by atoms with Crippen LogP contribution in [0.4, 0.5) is 0 Å². The Labute approximate surface area is 176 Å². The minimum Gasteiger partial charge on any atom is -0.381 e. The lowest BCUT2D eigenvalue weighted by molar-refractivity contribution is 0.0950. The van der Waals surface area contributed by atoms with Gasteiger partial charge in [-0.25, -0.2) is 17.7 Å². The molecule has 2 saturated heterocycles. The van der Waals surface area contributed by atoms with Crippen molar-refractivity contribution >= 4 is 21.6 Å². The Kier molecular flexibility index (Phi) is 4.87. The third-order valence-electron chi connectivity index (χ3n) is 7.33. The molecule has 0 aromatic carbocycles. The summed E-state index contributed by atoms with van der Waals surface area (Å²) in [6.07, 6.45) is 7.38. The van der Waals surface area contributed by atoms with Crippen LogP contribution >= 0.6 is 0 Å². The summed E-state index contributed by atoms with van der Waals surface area (Å²) in [6, 6.07) is 3.61. The minimum atomic E-state index is -3.23. The molecule has 0 bridgehead atoms. The van der Waals surface area contributed by atoms with E-state index in [4.69, 9.17) is 4.74 Å². The van der Waals surface area contributed by atoms with Crippen LogP contribution in [0.3, 0.4) is 0 Å². The van der Waals surface area contributed by atoms with Crippen molar-refractivity contribution in [1.82, 2.24) is 19.0 Å². The Bertz CT molecular complexity index is 1060. The molecule has 2 aromatic rings. The van der Waals surface area contributed by atoms with Gasteiger partial charge in [-0.2, -0.15) is 0 Å². The summed E-state index contributed by atoms with van der Waals surface area (Å²) in [7, 11) is -3.23. The highest BCUT2D eigenvalue weighted by Crippen LogP contribution is 2.64. The molecule has 4 heterocycles. The fourth-order valence-electron chi connectivity index (χ4n) is 5.41. The molecule has 1 unspecified atom stereocenters. The Morgan fingerprint density at radius 1 is 1.33 bits per heavy atom. The number of carbonyl (C=O) groups excluding carboxylic acids is 1. The number of hydrogen-bond acceptors (Lipinski definition) is 5. The summed E-state index contributed by atoms with van der Waals surface area (Å²) in [5.41, 5.74) is 1.46. The van der Waals surface area contributed by atoms with E-state index in [1.807, 2.05) is 16.7 Å². The van der Waals surface area contributed by atoms with Gasteiger partial charge in [0.05, 0.1) is 10.8 Å². The molecule has 0 spiro atoms. The molecule has 3 fully saturated rings. The standard InChI is InChI=1S/C21H28N4O4S/c1-21-14-25(30(27,28)16-5-10-29-11-6-16)13-18(21)17(21)4-7-23-20(26)15-2-3-19-22-8-9-24(19)12-15/h2-3,8-9,12,16-18H,4-7,10-11,13-14H2,1H3,(H,23,26)/t17-,18-,21?/m0/s1. The van der Waals surface area contributed by atoms with Crippen molar-refractivity contribution in [2.75, 3.05) is 32.8 Å². The summed E-state index contributed by atoms with van der Waals surface area (Å²) >= 11 is 0. The average molecular weight is 433 g/mol. The van der Waals surface area contributed by atoms with Crippen molar-refractivity contribution in [1.29, 1.82) is 0 Å². The lowest BCUT2D eigenvalue weighted by Gasteiger charge is -2.29. The van der Waals surface area contributed by atoms with Crippen LogP contribution in [-0.2, 0) is 14.8 Å². The molecular formula is C21H28N4O4S. The summed E-state index contributed by atoms with van der Waals surface area (Å²) in [6.45, 7) is 5.09. The molecule has 1 N–H and O–H groups in total. The third-order valence-corrected chi connectivity index (χ3v) is 9.64. The van der Waals surface area contributed by atoms with Crippen LogP contribution in [-0.4, -0.2) is 66.1 Å². The first-order chi connectivity index (χ1) is 14.4. The Hall–Kier alpha value is -1.97. The number of hydrogen-bond donors (Lipinski definition) is 1. The Morgan fingerprint density at radius 2 is 2.13 bits per heavy atom. The van der Waals surface area contributed by atoms with Crippen LogP contribution in [0.1, 0.15) is 36.5 Å². The molecule has 5 rings (SSSR count). The Morgan fingerprint density at radius 3 is 2.87 bits per heavy atom. The van der Waals surface area contributed by atoms with Crippen LogP contribution in [0.5, 0.6) is 0 Å². The minimum absolute atomic E-state index is 0.0404. The van der Waals surface area contributed by atoms with Gasteiger partial charge >= 0.3 is 0 Å². The second-order valence-corrected chi connectivity index (χ2v) is 11.2. The van der Waals surface area contributed by atoms with Crippen molar-refractivity contribution in [3.63, 3.8) is 0 Å². The molecule has 162 valence electrons. The van der Waals surface area contributed by atoms with E-state index < -0.39 is 10.0 Å². The predicted molar refractivity (Wildman–Crippen MR) is 112 cm³/mol. The lowest BCUT2D eigenvalue weighted by atomic mass is 10.1. The lowest BCUT2D eigenvalue weighted by Crippen LogP contribution is -2.42. The highest BCUT2D eigenvalue weighted by molar-refractivity contribution is 7.89. The molecule has 1 amide bonds. The maximum Gasteiger partial charge on any atom is 0.252 e. The van der Waals surface area contributed by atoms with Crippen LogP contribution in [0, 0.1) is 17.3 Å². The third kappa shape index (κ3) is 3.33. The van der Waals surface area contributed by atoms with Gasteiger partial charge in [0.15, 0.2) is 0 Å². The first-order valence-corrected chi connectivity index (χ1v) is 12.2. The molecule has 3 atom stereocenters. The van der Waals surface area contributed by atoms with E-state index in [2.05, 4.69) is 17.2 Å². The second-order valence-electron chi connectivity index (χ2n) is 9.02. The molecule has 8 nitrogen and oxygen atoms in total. The maximum atomic E-state index is 12.9. The highest BCUT2D eigenvalue weighted by atomic mass is 32.2. The number of nitrogens with one attached hydrogen (secondary N) is 1. The average Bonchev–Trinajstić information content (AvgIpc) is 3.12. The summed E-state index contributed by atoms with van der Waals surface area (Å²) in [4.78, 5) is 16.6. The van der Waals surface area contributed by atoms with E-state index in [9.17, 15) is 13.2 Å². The number of piperidine rings is 1. The fourth-order valence-corrected chi connectivity index (χ4v) is 7.44. The summed E-state index contributed by atoms with van der Waals surface area (Å²) < 4.78 is 34.7. The van der Waals surface area contributed by atoms with E-state index >= 15 is 0 Å². The van der Waals surface area contributed by atoms with Gasteiger partial charge in [0.25, 0.3) is 5.91 Å². The van der Waals surface area contributed by atoms with Crippen molar-refractivity contribution < 1.29 is 17.9 Å². The monoisotopic (exact) mass is 432 g/mol. The molecule has 0 radical (unpaired) electrons. The molecule has 9 heteroatoms. The number of pyridine rings is 1. The second kappa shape index (κ2) is 7.32. The van der Waals surface area contributed by atoms with Crippen LogP contribution < -0.4 is 5.32 Å². The number of ether oxygens (including phenoxy) is 1. The van der Waals surface area contributed by atoms with Gasteiger partial charge < -0.3 is 14.5 Å². The number of fused-ring (bicyclic) bond motifs is 2.